The molecule has 1 N–H and O–H groups in total. The average Bonchev–Trinajstić information content (AvgIpc) is 2.33. The van der Waals surface area contributed by atoms with Gasteiger partial charge in [-0.25, -0.2) is 0 Å². The molecule has 0 unspecified atom stereocenters. The Morgan fingerprint density at radius 3 is 2.75 bits per heavy atom. The number of methoxy groups -OCH3 is 1. The van der Waals surface area contributed by atoms with Crippen LogP contribution in [0.4, 0.5) is 0 Å². The van der Waals surface area contributed by atoms with Crippen LogP contribution in [-0.2, 0) is 4.79 Å². The number of benzene rings is 1. The Balaban J connectivity index is 1.99. The lowest BCUT2D eigenvalue weighted by Gasteiger charge is -2.25. The first-order chi connectivity index (χ1) is 7.79. The van der Waals surface area contributed by atoms with Crippen molar-refractivity contribution in [3.05, 3.63) is 24.3 Å². The highest BCUT2D eigenvalue weighted by Crippen LogP contribution is 2.25. The number of carbonyl (C=O) groups is 1. The lowest BCUT2D eigenvalue weighted by molar-refractivity contribution is -0.126. The van der Waals surface area contributed by atoms with Crippen LogP contribution in [0.1, 0.15) is 0 Å². The minimum Gasteiger partial charge on any atom is -0.497 e. The van der Waals surface area contributed by atoms with Gasteiger partial charge in [-0.3, -0.25) is 9.10 Å². The summed E-state index contributed by atoms with van der Waals surface area (Å²) in [5, 5.41) is 3.04. The fraction of sp³-hybridized carbons (Fsp3) is 0.364. The van der Waals surface area contributed by atoms with E-state index in [2.05, 4.69) is 5.32 Å². The van der Waals surface area contributed by atoms with Crippen molar-refractivity contribution < 1.29 is 9.53 Å². The van der Waals surface area contributed by atoms with Gasteiger partial charge in [-0.2, -0.15) is 0 Å². The van der Waals surface area contributed by atoms with Crippen LogP contribution in [0.5, 0.6) is 5.75 Å². The fourth-order valence-electron chi connectivity index (χ4n) is 1.45. The normalized spacial score (nSPS) is 16.3. The number of ether oxygens (including phenoxy) is 1. The van der Waals surface area contributed by atoms with Crippen molar-refractivity contribution in [1.82, 2.24) is 9.62 Å². The van der Waals surface area contributed by atoms with Gasteiger partial charge in [0.05, 0.1) is 13.7 Å². The molecule has 0 saturated carbocycles. The number of amides is 1. The van der Waals surface area contributed by atoms with Gasteiger partial charge < -0.3 is 10.1 Å². The molecule has 1 fully saturated rings. The summed E-state index contributed by atoms with van der Waals surface area (Å²) in [6.07, 6.45) is 0. The molecule has 86 valence electrons. The van der Waals surface area contributed by atoms with Crippen LogP contribution in [0.15, 0.2) is 29.2 Å². The van der Waals surface area contributed by atoms with E-state index in [4.69, 9.17) is 4.74 Å². The lowest BCUT2D eigenvalue weighted by atomic mass is 10.3. The van der Waals surface area contributed by atoms with E-state index in [1.165, 1.54) is 11.9 Å². The standard InChI is InChI=1S/C11H14N2O2S/c1-15-9-2-4-10(5-3-9)16-13-7-6-12-8-11(13)14/h2-5,12H,6-8H2,1H3. The summed E-state index contributed by atoms with van der Waals surface area (Å²) in [7, 11) is 1.64. The zero-order valence-corrected chi connectivity index (χ0v) is 9.92. The molecule has 16 heavy (non-hydrogen) atoms. The quantitative estimate of drug-likeness (QED) is 0.802. The third-order valence-electron chi connectivity index (χ3n) is 2.32. The molecular formula is C11H14N2O2S. The second kappa shape index (κ2) is 5.23. The minimum absolute atomic E-state index is 0.132. The van der Waals surface area contributed by atoms with E-state index in [1.54, 1.807) is 11.4 Å². The number of piperazine rings is 1. The molecule has 1 aromatic rings. The van der Waals surface area contributed by atoms with Gasteiger partial charge >= 0.3 is 0 Å². The largest absolute Gasteiger partial charge is 0.497 e. The van der Waals surface area contributed by atoms with Gasteiger partial charge in [-0.05, 0) is 36.2 Å². The molecule has 2 rings (SSSR count). The molecule has 1 aromatic carbocycles. The van der Waals surface area contributed by atoms with Gasteiger partial charge in [-0.1, -0.05) is 0 Å². The third kappa shape index (κ3) is 2.68. The Bertz CT molecular complexity index is 367. The number of hydrogen-bond donors (Lipinski definition) is 1. The Labute approximate surface area is 99.1 Å². The number of carbonyl (C=O) groups excluding carboxylic acids is 1. The van der Waals surface area contributed by atoms with E-state index in [-0.39, 0.29) is 5.91 Å². The number of nitrogens with zero attached hydrogens (tertiary/aromatic N) is 1. The van der Waals surface area contributed by atoms with E-state index >= 15 is 0 Å². The van der Waals surface area contributed by atoms with Crippen molar-refractivity contribution in [1.29, 1.82) is 0 Å². The fourth-order valence-corrected chi connectivity index (χ4v) is 2.31. The van der Waals surface area contributed by atoms with E-state index in [1.807, 2.05) is 24.3 Å². The van der Waals surface area contributed by atoms with Gasteiger partial charge in [0.1, 0.15) is 5.75 Å². The topological polar surface area (TPSA) is 41.6 Å². The van der Waals surface area contributed by atoms with Crippen molar-refractivity contribution in [2.24, 2.45) is 0 Å². The molecule has 1 aliphatic heterocycles. The van der Waals surface area contributed by atoms with Crippen LogP contribution in [0, 0.1) is 0 Å². The van der Waals surface area contributed by atoms with Crippen LogP contribution in [-0.4, -0.2) is 37.0 Å². The van der Waals surface area contributed by atoms with Crippen molar-refractivity contribution in [3.8, 4) is 5.75 Å². The highest BCUT2D eigenvalue weighted by molar-refractivity contribution is 7.97. The lowest BCUT2D eigenvalue weighted by Crippen LogP contribution is -2.44. The first-order valence-corrected chi connectivity index (χ1v) is 5.90. The molecule has 1 aliphatic rings. The Kier molecular flexibility index (Phi) is 3.69. The number of hydrogen-bond acceptors (Lipinski definition) is 4. The van der Waals surface area contributed by atoms with Gasteiger partial charge in [0.25, 0.3) is 0 Å². The maximum Gasteiger partial charge on any atom is 0.246 e. The Morgan fingerprint density at radius 2 is 2.12 bits per heavy atom. The summed E-state index contributed by atoms with van der Waals surface area (Å²) in [4.78, 5) is 12.6. The SMILES string of the molecule is COc1ccc(SN2CCNCC2=O)cc1. The molecular weight excluding hydrogens is 224 g/mol. The minimum atomic E-state index is 0.132. The number of nitrogens with one attached hydrogen (secondary N) is 1. The summed E-state index contributed by atoms with van der Waals surface area (Å²) in [5.41, 5.74) is 0. The van der Waals surface area contributed by atoms with Crippen molar-refractivity contribution in [2.75, 3.05) is 26.7 Å². The summed E-state index contributed by atoms with van der Waals surface area (Å²) < 4.78 is 6.87. The first-order valence-electron chi connectivity index (χ1n) is 5.13. The number of rotatable bonds is 3. The van der Waals surface area contributed by atoms with E-state index in [9.17, 15) is 4.79 Å². The van der Waals surface area contributed by atoms with E-state index < -0.39 is 0 Å². The van der Waals surface area contributed by atoms with Gasteiger partial charge in [-0.15, -0.1) is 0 Å². The monoisotopic (exact) mass is 238 g/mol. The maximum atomic E-state index is 11.5. The van der Waals surface area contributed by atoms with Crippen LogP contribution in [0.2, 0.25) is 0 Å². The molecule has 0 spiro atoms. The Morgan fingerprint density at radius 1 is 1.38 bits per heavy atom. The van der Waals surface area contributed by atoms with E-state index in [0.29, 0.717) is 6.54 Å². The molecule has 5 heteroatoms. The summed E-state index contributed by atoms with van der Waals surface area (Å²) >= 11 is 1.48. The smallest absolute Gasteiger partial charge is 0.246 e. The maximum absolute atomic E-state index is 11.5. The predicted molar refractivity (Wildman–Crippen MR) is 63.4 cm³/mol. The summed E-state index contributed by atoms with van der Waals surface area (Å²) in [6.45, 7) is 2.04. The van der Waals surface area contributed by atoms with E-state index in [0.717, 1.165) is 23.7 Å². The first kappa shape index (κ1) is 11.3. The molecule has 0 bridgehead atoms. The summed E-state index contributed by atoms with van der Waals surface area (Å²) in [5.74, 6) is 0.961. The highest BCUT2D eigenvalue weighted by atomic mass is 32.2. The van der Waals surface area contributed by atoms with Crippen LogP contribution in [0.3, 0.4) is 0 Å². The molecule has 0 aromatic heterocycles. The Hall–Kier alpha value is -1.20. The van der Waals surface area contributed by atoms with Gasteiger partial charge in [0.15, 0.2) is 0 Å². The van der Waals surface area contributed by atoms with Crippen LogP contribution < -0.4 is 10.1 Å². The van der Waals surface area contributed by atoms with Crippen LogP contribution >= 0.6 is 11.9 Å². The highest BCUT2D eigenvalue weighted by Gasteiger charge is 2.18. The molecule has 4 nitrogen and oxygen atoms in total. The molecule has 0 aliphatic carbocycles. The predicted octanol–water partition coefficient (Wildman–Crippen LogP) is 1.13. The third-order valence-corrected chi connectivity index (χ3v) is 3.41. The molecule has 0 radical (unpaired) electrons. The van der Waals surface area contributed by atoms with Crippen molar-refractivity contribution >= 4 is 17.9 Å². The zero-order valence-electron chi connectivity index (χ0n) is 9.10. The molecule has 1 amide bonds. The summed E-state index contributed by atoms with van der Waals surface area (Å²) in [6, 6.07) is 7.71. The van der Waals surface area contributed by atoms with Gasteiger partial charge in [0.2, 0.25) is 5.91 Å². The van der Waals surface area contributed by atoms with Gasteiger partial charge in [0, 0.05) is 18.0 Å². The van der Waals surface area contributed by atoms with Crippen molar-refractivity contribution in [3.63, 3.8) is 0 Å². The average molecular weight is 238 g/mol. The molecule has 0 atom stereocenters. The second-order valence-corrected chi connectivity index (χ2v) is 4.53. The van der Waals surface area contributed by atoms with Crippen LogP contribution in [0.25, 0.3) is 0 Å². The molecule has 1 heterocycles. The molecule has 1 saturated heterocycles. The zero-order chi connectivity index (χ0) is 11.4. The van der Waals surface area contributed by atoms with Crippen molar-refractivity contribution in [2.45, 2.75) is 4.90 Å². The second-order valence-electron chi connectivity index (χ2n) is 3.44.